The normalized spacial score (nSPS) is 12.8. The van der Waals surface area contributed by atoms with Crippen molar-refractivity contribution in [2.75, 3.05) is 6.54 Å². The first kappa shape index (κ1) is 16.4. The molecule has 0 radical (unpaired) electrons. The van der Waals surface area contributed by atoms with Gasteiger partial charge in [-0.25, -0.2) is 13.1 Å². The molecule has 4 nitrogen and oxygen atoms in total. The molecule has 9 heteroatoms. The first-order valence-electron chi connectivity index (χ1n) is 5.59. The van der Waals surface area contributed by atoms with E-state index in [1.165, 1.54) is 17.4 Å². The molecule has 0 fully saturated rings. The topological polar surface area (TPSA) is 72.2 Å². The largest absolute Gasteiger partial charge is 0.389 e. The number of sulfonamides is 1. The second-order valence-corrected chi connectivity index (χ2v) is 6.62. The average molecular weight is 316 g/mol. The van der Waals surface area contributed by atoms with Crippen molar-refractivity contribution in [1.82, 2.24) is 4.72 Å². The number of thiophene rings is 1. The third kappa shape index (κ3) is 5.47. The third-order valence-corrected chi connectivity index (χ3v) is 4.98. The van der Waals surface area contributed by atoms with Gasteiger partial charge in [0.05, 0.1) is 4.90 Å². The van der Waals surface area contributed by atoms with E-state index in [1.807, 2.05) is 0 Å². The lowest BCUT2D eigenvalue weighted by atomic mass is 10.2. The molecule has 0 aromatic carbocycles. The summed E-state index contributed by atoms with van der Waals surface area (Å²) in [5.74, 6) is 0. The SMILES string of the molecule is NCc1sccc1S(=O)(=O)NCCCCC(F)(F)F. The van der Waals surface area contributed by atoms with Gasteiger partial charge < -0.3 is 5.73 Å². The Hall–Kier alpha value is -0.640. The molecule has 1 heterocycles. The fourth-order valence-electron chi connectivity index (χ4n) is 1.45. The van der Waals surface area contributed by atoms with E-state index in [9.17, 15) is 21.6 Å². The Morgan fingerprint density at radius 2 is 2.00 bits per heavy atom. The Morgan fingerprint density at radius 1 is 1.32 bits per heavy atom. The maximum Gasteiger partial charge on any atom is 0.389 e. The van der Waals surface area contributed by atoms with Gasteiger partial charge >= 0.3 is 6.18 Å². The van der Waals surface area contributed by atoms with Crippen molar-refractivity contribution >= 4 is 21.4 Å². The van der Waals surface area contributed by atoms with E-state index in [0.29, 0.717) is 4.88 Å². The molecule has 110 valence electrons. The predicted molar refractivity (Wildman–Crippen MR) is 67.3 cm³/mol. The lowest BCUT2D eigenvalue weighted by Gasteiger charge is -2.08. The molecule has 1 rings (SSSR count). The average Bonchev–Trinajstić information content (AvgIpc) is 2.75. The quantitative estimate of drug-likeness (QED) is 0.758. The van der Waals surface area contributed by atoms with Crippen molar-refractivity contribution < 1.29 is 21.6 Å². The Labute approximate surface area is 113 Å². The van der Waals surface area contributed by atoms with Crippen molar-refractivity contribution in [2.24, 2.45) is 5.73 Å². The van der Waals surface area contributed by atoms with Gasteiger partial charge in [0.1, 0.15) is 0 Å². The zero-order valence-electron chi connectivity index (χ0n) is 10.0. The predicted octanol–water partition coefficient (Wildman–Crippen LogP) is 2.22. The molecular weight excluding hydrogens is 301 g/mol. The van der Waals surface area contributed by atoms with Crippen LogP contribution in [0.15, 0.2) is 16.3 Å². The maximum atomic E-state index is 11.9. The zero-order chi connectivity index (χ0) is 14.5. The molecule has 0 saturated carbocycles. The van der Waals surface area contributed by atoms with Gasteiger partial charge in [0.15, 0.2) is 0 Å². The van der Waals surface area contributed by atoms with Crippen LogP contribution in [0.3, 0.4) is 0 Å². The van der Waals surface area contributed by atoms with Crippen molar-refractivity contribution in [1.29, 1.82) is 0 Å². The first-order valence-corrected chi connectivity index (χ1v) is 7.95. The van der Waals surface area contributed by atoms with Crippen molar-refractivity contribution in [3.8, 4) is 0 Å². The van der Waals surface area contributed by atoms with Gasteiger partial charge in [-0.1, -0.05) is 0 Å². The molecular formula is C10H15F3N2O2S2. The summed E-state index contributed by atoms with van der Waals surface area (Å²) >= 11 is 1.23. The van der Waals surface area contributed by atoms with E-state index in [4.69, 9.17) is 5.73 Å². The van der Waals surface area contributed by atoms with Gasteiger partial charge in [-0.05, 0) is 24.3 Å². The van der Waals surface area contributed by atoms with E-state index in [-0.39, 0.29) is 30.8 Å². The molecule has 1 aromatic rings. The van der Waals surface area contributed by atoms with Crippen LogP contribution in [-0.2, 0) is 16.6 Å². The van der Waals surface area contributed by atoms with E-state index in [2.05, 4.69) is 4.72 Å². The summed E-state index contributed by atoms with van der Waals surface area (Å²) in [5, 5.41) is 1.61. The minimum atomic E-state index is -4.20. The lowest BCUT2D eigenvalue weighted by molar-refractivity contribution is -0.135. The third-order valence-electron chi connectivity index (χ3n) is 2.36. The van der Waals surface area contributed by atoms with Crippen LogP contribution in [-0.4, -0.2) is 21.1 Å². The molecule has 1 aromatic heterocycles. The molecule has 0 bridgehead atoms. The van der Waals surface area contributed by atoms with E-state index in [0.717, 1.165) is 0 Å². The van der Waals surface area contributed by atoms with Crippen LogP contribution >= 0.6 is 11.3 Å². The second-order valence-electron chi connectivity index (χ2n) is 3.88. The Morgan fingerprint density at radius 3 is 2.58 bits per heavy atom. The fourth-order valence-corrected chi connectivity index (χ4v) is 3.86. The van der Waals surface area contributed by atoms with Crippen LogP contribution in [0.4, 0.5) is 13.2 Å². The van der Waals surface area contributed by atoms with Crippen molar-refractivity contribution in [2.45, 2.75) is 36.9 Å². The fraction of sp³-hybridized carbons (Fsp3) is 0.600. The Bertz CT molecular complexity index is 497. The van der Waals surface area contributed by atoms with Crippen molar-refractivity contribution in [3.63, 3.8) is 0 Å². The Balaban J connectivity index is 2.44. The second kappa shape index (κ2) is 6.69. The molecule has 0 atom stereocenters. The first-order chi connectivity index (χ1) is 8.76. The summed E-state index contributed by atoms with van der Waals surface area (Å²) in [7, 11) is -3.68. The van der Waals surface area contributed by atoms with E-state index >= 15 is 0 Å². The number of nitrogens with one attached hydrogen (secondary N) is 1. The standard InChI is InChI=1S/C10H15F3N2O2S2/c11-10(12,13)4-1-2-5-15-19(16,17)9-3-6-18-8(9)7-14/h3,6,15H,1-2,4-5,7,14H2. The highest BCUT2D eigenvalue weighted by atomic mass is 32.2. The van der Waals surface area contributed by atoms with Crippen LogP contribution in [0.5, 0.6) is 0 Å². The van der Waals surface area contributed by atoms with Crippen molar-refractivity contribution in [3.05, 3.63) is 16.3 Å². The van der Waals surface area contributed by atoms with Crippen LogP contribution < -0.4 is 10.5 Å². The number of halogens is 3. The molecule has 0 saturated heterocycles. The van der Waals surface area contributed by atoms with E-state index in [1.54, 1.807) is 5.38 Å². The highest BCUT2D eigenvalue weighted by Gasteiger charge is 2.26. The van der Waals surface area contributed by atoms with Crippen LogP contribution in [0.1, 0.15) is 24.1 Å². The molecule has 19 heavy (non-hydrogen) atoms. The monoisotopic (exact) mass is 316 g/mol. The highest BCUT2D eigenvalue weighted by molar-refractivity contribution is 7.89. The molecule has 0 spiro atoms. The number of alkyl halides is 3. The lowest BCUT2D eigenvalue weighted by Crippen LogP contribution is -2.25. The van der Waals surface area contributed by atoms with Gasteiger partial charge in [-0.15, -0.1) is 11.3 Å². The van der Waals surface area contributed by atoms with E-state index < -0.39 is 22.6 Å². The smallest absolute Gasteiger partial charge is 0.326 e. The number of rotatable bonds is 7. The van der Waals surface area contributed by atoms with Crippen LogP contribution in [0, 0.1) is 0 Å². The van der Waals surface area contributed by atoms with Crippen LogP contribution in [0.25, 0.3) is 0 Å². The Kier molecular flexibility index (Phi) is 5.78. The molecule has 0 aliphatic rings. The number of unbranched alkanes of at least 4 members (excludes halogenated alkanes) is 1. The number of hydrogen-bond donors (Lipinski definition) is 2. The summed E-state index contributed by atoms with van der Waals surface area (Å²) in [6.45, 7) is 0.0975. The summed E-state index contributed by atoms with van der Waals surface area (Å²) in [4.78, 5) is 0.638. The van der Waals surface area contributed by atoms with Gasteiger partial charge in [0.25, 0.3) is 0 Å². The number of nitrogens with two attached hydrogens (primary N) is 1. The van der Waals surface area contributed by atoms with Crippen LogP contribution in [0.2, 0.25) is 0 Å². The van der Waals surface area contributed by atoms with Gasteiger partial charge in [-0.2, -0.15) is 13.2 Å². The summed E-state index contributed by atoms with van der Waals surface area (Å²) in [5.41, 5.74) is 5.41. The molecule has 0 aliphatic carbocycles. The summed E-state index contributed by atoms with van der Waals surface area (Å²) in [6.07, 6.45) is -5.06. The molecule has 0 aliphatic heterocycles. The summed E-state index contributed by atoms with van der Waals surface area (Å²) in [6, 6.07) is 1.44. The number of hydrogen-bond acceptors (Lipinski definition) is 4. The molecule has 0 amide bonds. The molecule has 3 N–H and O–H groups in total. The van der Waals surface area contributed by atoms with Gasteiger partial charge in [0, 0.05) is 24.4 Å². The highest BCUT2D eigenvalue weighted by Crippen LogP contribution is 2.23. The zero-order valence-corrected chi connectivity index (χ0v) is 11.7. The van der Waals surface area contributed by atoms with Gasteiger partial charge in [0.2, 0.25) is 10.0 Å². The van der Waals surface area contributed by atoms with Gasteiger partial charge in [-0.3, -0.25) is 0 Å². The minimum absolute atomic E-state index is 0.0156. The minimum Gasteiger partial charge on any atom is -0.326 e. The maximum absolute atomic E-state index is 11.9. The molecule has 0 unspecified atom stereocenters. The summed E-state index contributed by atoms with van der Waals surface area (Å²) < 4.78 is 61.6.